The zero-order valence-corrected chi connectivity index (χ0v) is 20.4. The molecule has 0 spiro atoms. The highest BCUT2D eigenvalue weighted by Crippen LogP contribution is 2.12. The third-order valence-corrected chi connectivity index (χ3v) is 4.20. The first-order chi connectivity index (χ1) is 13.5. The van der Waals surface area contributed by atoms with Crippen molar-refractivity contribution in [2.24, 2.45) is 4.99 Å². The lowest BCUT2D eigenvalue weighted by Crippen LogP contribution is -2.40. The second-order valence-corrected chi connectivity index (χ2v) is 6.44. The summed E-state index contributed by atoms with van der Waals surface area (Å²) in [6.07, 6.45) is 1.78. The first kappa shape index (κ1) is 27.2. The van der Waals surface area contributed by atoms with Gasteiger partial charge in [-0.2, -0.15) is 0 Å². The fourth-order valence-electron chi connectivity index (χ4n) is 2.73. The number of halogens is 1. The SMILES string of the molecule is CCCC(=O)Nc1cccc(CN=C(NCC)NCCC(=O)N(CC)CC)c1.I. The molecule has 0 aromatic heterocycles. The molecule has 0 unspecified atom stereocenters. The van der Waals surface area contributed by atoms with Crippen molar-refractivity contribution in [1.82, 2.24) is 15.5 Å². The van der Waals surface area contributed by atoms with E-state index < -0.39 is 0 Å². The molecule has 0 atom stereocenters. The largest absolute Gasteiger partial charge is 0.357 e. The first-order valence-corrected chi connectivity index (χ1v) is 10.2. The molecule has 0 radical (unpaired) electrons. The number of rotatable bonds is 11. The van der Waals surface area contributed by atoms with Gasteiger partial charge < -0.3 is 20.9 Å². The van der Waals surface area contributed by atoms with Crippen LogP contribution in [0.25, 0.3) is 0 Å². The van der Waals surface area contributed by atoms with Crippen molar-refractivity contribution in [3.8, 4) is 0 Å². The third-order valence-electron chi connectivity index (χ3n) is 4.20. The van der Waals surface area contributed by atoms with Crippen LogP contribution in [0.5, 0.6) is 0 Å². The molecule has 0 saturated carbocycles. The number of guanidine groups is 1. The summed E-state index contributed by atoms with van der Waals surface area (Å²) in [6, 6.07) is 7.70. The first-order valence-electron chi connectivity index (χ1n) is 10.2. The number of hydrogen-bond acceptors (Lipinski definition) is 3. The van der Waals surface area contributed by atoms with Crippen LogP contribution in [0.1, 0.15) is 52.5 Å². The van der Waals surface area contributed by atoms with Crippen LogP contribution < -0.4 is 16.0 Å². The third kappa shape index (κ3) is 11.1. The highest BCUT2D eigenvalue weighted by atomic mass is 127. The van der Waals surface area contributed by atoms with E-state index in [0.29, 0.717) is 31.9 Å². The minimum atomic E-state index is 0. The van der Waals surface area contributed by atoms with Crippen LogP contribution >= 0.6 is 24.0 Å². The lowest BCUT2D eigenvalue weighted by atomic mass is 10.2. The quantitative estimate of drug-likeness (QED) is 0.239. The maximum Gasteiger partial charge on any atom is 0.224 e. The van der Waals surface area contributed by atoms with E-state index in [1.807, 2.05) is 56.9 Å². The number of nitrogens with one attached hydrogen (secondary N) is 3. The Kier molecular flexibility index (Phi) is 15.0. The van der Waals surface area contributed by atoms with Gasteiger partial charge in [0.15, 0.2) is 5.96 Å². The van der Waals surface area contributed by atoms with Crippen LogP contribution in [-0.2, 0) is 16.1 Å². The van der Waals surface area contributed by atoms with Gasteiger partial charge in [0.05, 0.1) is 6.54 Å². The summed E-state index contributed by atoms with van der Waals surface area (Å²) in [5.74, 6) is 0.843. The van der Waals surface area contributed by atoms with Gasteiger partial charge in [0.1, 0.15) is 0 Å². The second-order valence-electron chi connectivity index (χ2n) is 6.44. The summed E-state index contributed by atoms with van der Waals surface area (Å²) in [5, 5.41) is 9.31. The molecule has 7 nitrogen and oxygen atoms in total. The number of carbonyl (C=O) groups is 2. The Bertz CT molecular complexity index is 648. The van der Waals surface area contributed by atoms with Gasteiger partial charge >= 0.3 is 0 Å². The second kappa shape index (κ2) is 16.0. The lowest BCUT2D eigenvalue weighted by Gasteiger charge is -2.19. The van der Waals surface area contributed by atoms with Crippen molar-refractivity contribution in [2.45, 2.75) is 53.5 Å². The number of hydrogen-bond donors (Lipinski definition) is 3. The van der Waals surface area contributed by atoms with E-state index in [0.717, 1.165) is 37.3 Å². The normalized spacial score (nSPS) is 10.7. The molecule has 8 heteroatoms. The number of aliphatic imine (C=N–C) groups is 1. The van der Waals surface area contributed by atoms with Gasteiger partial charge in [-0.05, 0) is 44.9 Å². The molecule has 0 fully saturated rings. The van der Waals surface area contributed by atoms with E-state index in [4.69, 9.17) is 0 Å². The van der Waals surface area contributed by atoms with Gasteiger partial charge in [-0.1, -0.05) is 19.1 Å². The van der Waals surface area contributed by atoms with E-state index in [1.54, 1.807) is 0 Å². The summed E-state index contributed by atoms with van der Waals surface area (Å²) >= 11 is 0. The van der Waals surface area contributed by atoms with Crippen molar-refractivity contribution in [3.63, 3.8) is 0 Å². The number of benzene rings is 1. The van der Waals surface area contributed by atoms with Crippen molar-refractivity contribution in [2.75, 3.05) is 31.5 Å². The highest BCUT2D eigenvalue weighted by molar-refractivity contribution is 14.0. The van der Waals surface area contributed by atoms with Crippen LogP contribution in [0, 0.1) is 0 Å². The van der Waals surface area contributed by atoms with E-state index in [2.05, 4.69) is 20.9 Å². The molecule has 164 valence electrons. The van der Waals surface area contributed by atoms with Crippen LogP contribution in [0.15, 0.2) is 29.3 Å². The fourth-order valence-corrected chi connectivity index (χ4v) is 2.73. The smallest absolute Gasteiger partial charge is 0.224 e. The van der Waals surface area contributed by atoms with Crippen molar-refractivity contribution < 1.29 is 9.59 Å². The standard InChI is InChI=1S/C21H35N5O2.HI/c1-5-10-19(27)25-18-12-9-11-17(15-18)16-24-21(22-6-2)23-14-13-20(28)26(7-3)8-4;/h9,11-12,15H,5-8,10,13-14,16H2,1-4H3,(H,25,27)(H2,22,23,24);1H. The van der Waals surface area contributed by atoms with Crippen LogP contribution in [-0.4, -0.2) is 48.9 Å². The van der Waals surface area contributed by atoms with Crippen molar-refractivity contribution >= 4 is 47.4 Å². The molecule has 0 saturated heterocycles. The molecule has 0 aliphatic carbocycles. The van der Waals surface area contributed by atoms with Gasteiger partial charge in [-0.3, -0.25) is 9.59 Å². The highest BCUT2D eigenvalue weighted by Gasteiger charge is 2.09. The van der Waals surface area contributed by atoms with E-state index in [9.17, 15) is 9.59 Å². The summed E-state index contributed by atoms with van der Waals surface area (Å²) < 4.78 is 0. The van der Waals surface area contributed by atoms with Crippen LogP contribution in [0.2, 0.25) is 0 Å². The Morgan fingerprint density at radius 1 is 1.03 bits per heavy atom. The number of anilines is 1. The zero-order valence-electron chi connectivity index (χ0n) is 18.1. The molecular formula is C21H36IN5O2. The topological polar surface area (TPSA) is 85.8 Å². The van der Waals surface area contributed by atoms with Crippen LogP contribution in [0.3, 0.4) is 0 Å². The molecule has 0 bridgehead atoms. The van der Waals surface area contributed by atoms with Gasteiger partial charge in [0.25, 0.3) is 0 Å². The molecule has 0 aliphatic rings. The summed E-state index contributed by atoms with van der Waals surface area (Å²) in [4.78, 5) is 30.2. The Balaban J connectivity index is 0.00000784. The summed E-state index contributed by atoms with van der Waals surface area (Å²) in [5.41, 5.74) is 1.79. The van der Waals surface area contributed by atoms with Crippen molar-refractivity contribution in [3.05, 3.63) is 29.8 Å². The molecule has 1 aromatic rings. The predicted molar refractivity (Wildman–Crippen MR) is 131 cm³/mol. The number of nitrogens with zero attached hydrogens (tertiary/aromatic N) is 2. The fraction of sp³-hybridized carbons (Fsp3) is 0.571. The monoisotopic (exact) mass is 517 g/mol. The maximum absolute atomic E-state index is 12.1. The Morgan fingerprint density at radius 2 is 1.76 bits per heavy atom. The minimum absolute atomic E-state index is 0. The number of amides is 2. The minimum Gasteiger partial charge on any atom is -0.357 e. The Hall–Kier alpha value is -1.84. The van der Waals surface area contributed by atoms with Gasteiger partial charge in [-0.15, -0.1) is 24.0 Å². The average molecular weight is 517 g/mol. The van der Waals surface area contributed by atoms with E-state index in [1.165, 1.54) is 0 Å². The lowest BCUT2D eigenvalue weighted by molar-refractivity contribution is -0.130. The molecular weight excluding hydrogens is 481 g/mol. The summed E-state index contributed by atoms with van der Waals surface area (Å²) in [6.45, 7) is 11.2. The Morgan fingerprint density at radius 3 is 2.38 bits per heavy atom. The van der Waals surface area contributed by atoms with Gasteiger partial charge in [0.2, 0.25) is 11.8 Å². The Labute approximate surface area is 192 Å². The van der Waals surface area contributed by atoms with Gasteiger partial charge in [-0.25, -0.2) is 4.99 Å². The van der Waals surface area contributed by atoms with Crippen LogP contribution in [0.4, 0.5) is 5.69 Å². The van der Waals surface area contributed by atoms with E-state index in [-0.39, 0.29) is 35.8 Å². The molecule has 29 heavy (non-hydrogen) atoms. The van der Waals surface area contributed by atoms with Crippen molar-refractivity contribution in [1.29, 1.82) is 0 Å². The molecule has 0 aliphatic heterocycles. The van der Waals surface area contributed by atoms with Gasteiger partial charge in [0, 0.05) is 44.7 Å². The maximum atomic E-state index is 12.1. The molecule has 2 amide bonds. The molecule has 0 heterocycles. The average Bonchev–Trinajstić information content (AvgIpc) is 2.67. The number of carbonyl (C=O) groups excluding carboxylic acids is 2. The van der Waals surface area contributed by atoms with E-state index >= 15 is 0 Å². The molecule has 1 aromatic carbocycles. The molecule has 1 rings (SSSR count). The zero-order chi connectivity index (χ0) is 20.8. The molecule has 3 N–H and O–H groups in total. The predicted octanol–water partition coefficient (Wildman–Crippen LogP) is 3.36. The summed E-state index contributed by atoms with van der Waals surface area (Å²) in [7, 11) is 0.